The maximum Gasteiger partial charge on any atom is 0.191 e. The SMILES string of the molecule is CCCCOCCNC(=NCCN1CCCCC1)NCC.I. The van der Waals surface area contributed by atoms with Crippen molar-refractivity contribution in [1.29, 1.82) is 0 Å². The van der Waals surface area contributed by atoms with E-state index in [4.69, 9.17) is 4.74 Å². The Balaban J connectivity index is 0.00000441. The highest BCUT2D eigenvalue weighted by molar-refractivity contribution is 14.0. The van der Waals surface area contributed by atoms with Gasteiger partial charge in [-0.05, 0) is 39.3 Å². The molecule has 1 aliphatic rings. The number of hydrogen-bond donors (Lipinski definition) is 2. The molecule has 0 radical (unpaired) electrons. The molecule has 0 bridgehead atoms. The molecule has 1 fully saturated rings. The minimum Gasteiger partial charge on any atom is -0.380 e. The minimum atomic E-state index is 0. The third-order valence-corrected chi connectivity index (χ3v) is 3.66. The molecule has 0 amide bonds. The molecule has 6 heteroatoms. The van der Waals surface area contributed by atoms with E-state index in [1.165, 1.54) is 38.8 Å². The van der Waals surface area contributed by atoms with Gasteiger partial charge in [0.15, 0.2) is 5.96 Å². The fourth-order valence-corrected chi connectivity index (χ4v) is 2.42. The van der Waals surface area contributed by atoms with Gasteiger partial charge in [-0.25, -0.2) is 0 Å². The Morgan fingerprint density at radius 3 is 2.55 bits per heavy atom. The Labute approximate surface area is 153 Å². The number of ether oxygens (including phenoxy) is 1. The van der Waals surface area contributed by atoms with Gasteiger partial charge in [0.2, 0.25) is 0 Å². The number of hydrogen-bond acceptors (Lipinski definition) is 3. The average molecular weight is 426 g/mol. The van der Waals surface area contributed by atoms with Gasteiger partial charge in [-0.15, -0.1) is 24.0 Å². The summed E-state index contributed by atoms with van der Waals surface area (Å²) in [6.07, 6.45) is 6.41. The molecule has 5 nitrogen and oxygen atoms in total. The van der Waals surface area contributed by atoms with E-state index in [0.717, 1.165) is 51.8 Å². The number of likely N-dealkylation sites (tertiary alicyclic amines) is 1. The van der Waals surface area contributed by atoms with Crippen LogP contribution in [0.15, 0.2) is 4.99 Å². The van der Waals surface area contributed by atoms with Crippen molar-refractivity contribution in [2.45, 2.75) is 46.0 Å². The van der Waals surface area contributed by atoms with Crippen molar-refractivity contribution < 1.29 is 4.74 Å². The molecule has 0 aromatic heterocycles. The van der Waals surface area contributed by atoms with Crippen molar-refractivity contribution in [3.8, 4) is 0 Å². The van der Waals surface area contributed by atoms with Crippen molar-refractivity contribution in [2.24, 2.45) is 4.99 Å². The second-order valence-corrected chi connectivity index (χ2v) is 5.56. The maximum absolute atomic E-state index is 5.55. The van der Waals surface area contributed by atoms with Crippen LogP contribution in [0.4, 0.5) is 0 Å². The molecule has 0 aliphatic carbocycles. The normalized spacial score (nSPS) is 16.2. The molecular weight excluding hydrogens is 391 g/mol. The average Bonchev–Trinajstić information content (AvgIpc) is 2.51. The number of nitrogens with one attached hydrogen (secondary N) is 2. The third kappa shape index (κ3) is 11.5. The van der Waals surface area contributed by atoms with Crippen molar-refractivity contribution in [2.75, 3.05) is 52.5 Å². The van der Waals surface area contributed by atoms with Crippen LogP contribution in [0.2, 0.25) is 0 Å². The van der Waals surface area contributed by atoms with Crippen LogP contribution < -0.4 is 10.6 Å². The van der Waals surface area contributed by atoms with E-state index in [1.807, 2.05) is 0 Å². The van der Waals surface area contributed by atoms with Crippen LogP contribution in [0.25, 0.3) is 0 Å². The number of guanidine groups is 1. The van der Waals surface area contributed by atoms with E-state index in [-0.39, 0.29) is 24.0 Å². The van der Waals surface area contributed by atoms with Crippen LogP contribution >= 0.6 is 24.0 Å². The topological polar surface area (TPSA) is 48.9 Å². The van der Waals surface area contributed by atoms with Crippen LogP contribution in [-0.2, 0) is 4.74 Å². The second-order valence-electron chi connectivity index (χ2n) is 5.56. The molecule has 2 N–H and O–H groups in total. The first-order valence-electron chi connectivity index (χ1n) is 8.69. The third-order valence-electron chi connectivity index (χ3n) is 3.66. The highest BCUT2D eigenvalue weighted by atomic mass is 127. The molecule has 0 spiro atoms. The van der Waals surface area contributed by atoms with Gasteiger partial charge in [0, 0.05) is 26.2 Å². The van der Waals surface area contributed by atoms with E-state index < -0.39 is 0 Å². The highest BCUT2D eigenvalue weighted by Crippen LogP contribution is 2.07. The van der Waals surface area contributed by atoms with Gasteiger partial charge in [0.1, 0.15) is 0 Å². The number of halogens is 1. The zero-order valence-corrected chi connectivity index (χ0v) is 16.7. The predicted molar refractivity (Wildman–Crippen MR) is 105 cm³/mol. The number of aliphatic imine (C=N–C) groups is 1. The smallest absolute Gasteiger partial charge is 0.191 e. The summed E-state index contributed by atoms with van der Waals surface area (Å²) in [5.74, 6) is 0.911. The minimum absolute atomic E-state index is 0. The lowest BCUT2D eigenvalue weighted by molar-refractivity contribution is 0.136. The Bertz CT molecular complexity index is 271. The standard InChI is InChI=1S/C16H34N4O.HI/c1-3-5-14-21-15-10-19-16(17-4-2)18-9-13-20-11-7-6-8-12-20;/h3-15H2,1-2H3,(H2,17,18,19);1H. The fourth-order valence-electron chi connectivity index (χ4n) is 2.42. The summed E-state index contributed by atoms with van der Waals surface area (Å²) in [4.78, 5) is 7.16. The summed E-state index contributed by atoms with van der Waals surface area (Å²) in [6.45, 7) is 12.0. The summed E-state index contributed by atoms with van der Waals surface area (Å²) in [7, 11) is 0. The Morgan fingerprint density at radius 2 is 1.86 bits per heavy atom. The van der Waals surface area contributed by atoms with Crippen molar-refractivity contribution in [1.82, 2.24) is 15.5 Å². The van der Waals surface area contributed by atoms with Gasteiger partial charge >= 0.3 is 0 Å². The van der Waals surface area contributed by atoms with E-state index in [1.54, 1.807) is 0 Å². The lowest BCUT2D eigenvalue weighted by Gasteiger charge is -2.25. The molecule has 0 aromatic rings. The molecule has 0 unspecified atom stereocenters. The van der Waals surface area contributed by atoms with Crippen LogP contribution in [0.1, 0.15) is 46.0 Å². The zero-order chi connectivity index (χ0) is 15.2. The Hall–Kier alpha value is -0.0800. The summed E-state index contributed by atoms with van der Waals surface area (Å²) >= 11 is 0. The molecule has 1 aliphatic heterocycles. The predicted octanol–water partition coefficient (Wildman–Crippen LogP) is 2.46. The largest absolute Gasteiger partial charge is 0.380 e. The van der Waals surface area contributed by atoms with Gasteiger partial charge in [-0.1, -0.05) is 19.8 Å². The van der Waals surface area contributed by atoms with E-state index in [2.05, 4.69) is 34.4 Å². The van der Waals surface area contributed by atoms with Crippen molar-refractivity contribution in [3.63, 3.8) is 0 Å². The molecule has 0 aromatic carbocycles. The summed E-state index contributed by atoms with van der Waals surface area (Å²) in [5, 5.41) is 6.62. The van der Waals surface area contributed by atoms with Gasteiger partial charge in [0.05, 0.1) is 13.2 Å². The van der Waals surface area contributed by atoms with Crippen LogP contribution in [0.3, 0.4) is 0 Å². The van der Waals surface area contributed by atoms with Crippen LogP contribution in [0.5, 0.6) is 0 Å². The zero-order valence-electron chi connectivity index (χ0n) is 14.4. The molecule has 22 heavy (non-hydrogen) atoms. The molecule has 1 heterocycles. The molecule has 0 atom stereocenters. The van der Waals surface area contributed by atoms with E-state index in [9.17, 15) is 0 Å². The molecule has 1 rings (SSSR count). The molecule has 1 saturated heterocycles. The monoisotopic (exact) mass is 426 g/mol. The first-order valence-corrected chi connectivity index (χ1v) is 8.69. The number of rotatable bonds is 10. The summed E-state index contributed by atoms with van der Waals surface area (Å²) in [5.41, 5.74) is 0. The lowest BCUT2D eigenvalue weighted by Crippen LogP contribution is -2.40. The first-order chi connectivity index (χ1) is 10.4. The lowest BCUT2D eigenvalue weighted by atomic mass is 10.1. The van der Waals surface area contributed by atoms with Gasteiger partial charge in [-0.3, -0.25) is 4.99 Å². The van der Waals surface area contributed by atoms with Crippen molar-refractivity contribution >= 4 is 29.9 Å². The van der Waals surface area contributed by atoms with Gasteiger partial charge in [-0.2, -0.15) is 0 Å². The van der Waals surface area contributed by atoms with E-state index >= 15 is 0 Å². The molecular formula is C16H35IN4O. The first kappa shape index (κ1) is 21.9. The second kappa shape index (κ2) is 15.8. The fraction of sp³-hybridized carbons (Fsp3) is 0.938. The number of piperidine rings is 1. The Kier molecular flexibility index (Phi) is 15.7. The molecule has 0 saturated carbocycles. The summed E-state index contributed by atoms with van der Waals surface area (Å²) in [6, 6.07) is 0. The highest BCUT2D eigenvalue weighted by Gasteiger charge is 2.08. The van der Waals surface area contributed by atoms with E-state index in [0.29, 0.717) is 0 Å². The maximum atomic E-state index is 5.55. The summed E-state index contributed by atoms with van der Waals surface area (Å²) < 4.78 is 5.55. The van der Waals surface area contributed by atoms with Crippen LogP contribution in [-0.4, -0.2) is 63.3 Å². The van der Waals surface area contributed by atoms with Crippen LogP contribution in [0, 0.1) is 0 Å². The number of nitrogens with zero attached hydrogens (tertiary/aromatic N) is 2. The molecule has 132 valence electrons. The quantitative estimate of drug-likeness (QED) is 0.244. The Morgan fingerprint density at radius 1 is 1.09 bits per heavy atom. The van der Waals surface area contributed by atoms with Crippen molar-refractivity contribution in [3.05, 3.63) is 0 Å². The number of unbranched alkanes of at least 4 members (excludes halogenated alkanes) is 1. The van der Waals surface area contributed by atoms with Gasteiger partial charge in [0.25, 0.3) is 0 Å². The van der Waals surface area contributed by atoms with Gasteiger partial charge < -0.3 is 20.3 Å².